The first-order chi connectivity index (χ1) is 14.8. The summed E-state index contributed by atoms with van der Waals surface area (Å²) in [5.41, 5.74) is -1.44. The quantitative estimate of drug-likeness (QED) is 0.531. The maximum Gasteiger partial charge on any atom is 0.436 e. The number of amides is 1. The molecule has 0 aliphatic heterocycles. The number of anilines is 1. The summed E-state index contributed by atoms with van der Waals surface area (Å²) in [6.07, 6.45) is -7.15. The maximum absolute atomic E-state index is 12.8. The summed E-state index contributed by atoms with van der Waals surface area (Å²) in [7, 11) is -4.43. The van der Waals surface area contributed by atoms with Gasteiger partial charge in [0.2, 0.25) is 15.9 Å². The lowest BCUT2D eigenvalue weighted by molar-refractivity contribution is -0.141. The standard InChI is InChI=1S/C18H14F5N5O3S/c19-17(20)11-3-1-10(2-4-11)7-16(29)25-12-5-6-13(14(8-12)32(24,30)31)28-9-15(26-27-28)18(21,22)23/h1-6,8-9,17H,7H2,(H,25,29)(H2,24,30,31). The topological polar surface area (TPSA) is 120 Å². The van der Waals surface area contributed by atoms with Crippen molar-refractivity contribution in [3.05, 3.63) is 65.5 Å². The van der Waals surface area contributed by atoms with Crippen LogP contribution in [0.2, 0.25) is 0 Å². The summed E-state index contributed by atoms with van der Waals surface area (Å²) >= 11 is 0. The van der Waals surface area contributed by atoms with Gasteiger partial charge in [-0.3, -0.25) is 4.79 Å². The van der Waals surface area contributed by atoms with Crippen LogP contribution in [-0.2, 0) is 27.4 Å². The number of nitrogens with two attached hydrogens (primary N) is 1. The van der Waals surface area contributed by atoms with Crippen LogP contribution in [0.1, 0.15) is 23.2 Å². The summed E-state index contributed by atoms with van der Waals surface area (Å²) in [5.74, 6) is -0.594. The number of carbonyl (C=O) groups excluding carboxylic acids is 1. The molecule has 0 saturated carbocycles. The molecule has 1 heterocycles. The van der Waals surface area contributed by atoms with Gasteiger partial charge in [-0.1, -0.05) is 29.5 Å². The summed E-state index contributed by atoms with van der Waals surface area (Å²) < 4.78 is 88.0. The summed E-state index contributed by atoms with van der Waals surface area (Å²) in [4.78, 5) is 11.6. The van der Waals surface area contributed by atoms with Crippen molar-refractivity contribution in [2.24, 2.45) is 5.14 Å². The van der Waals surface area contributed by atoms with Crippen LogP contribution in [0.5, 0.6) is 0 Å². The van der Waals surface area contributed by atoms with Gasteiger partial charge >= 0.3 is 6.18 Å². The van der Waals surface area contributed by atoms with Crippen molar-refractivity contribution < 1.29 is 35.2 Å². The minimum atomic E-state index is -4.79. The Morgan fingerprint density at radius 1 is 1.12 bits per heavy atom. The van der Waals surface area contributed by atoms with Gasteiger partial charge in [0.05, 0.1) is 18.3 Å². The summed E-state index contributed by atoms with van der Waals surface area (Å²) in [6.45, 7) is 0. The lowest BCUT2D eigenvalue weighted by Gasteiger charge is -2.11. The SMILES string of the molecule is NS(=O)(=O)c1cc(NC(=O)Cc2ccc(C(F)F)cc2)ccc1-n1cc(C(F)(F)F)nn1. The Balaban J connectivity index is 1.84. The molecule has 0 fully saturated rings. The van der Waals surface area contributed by atoms with Crippen molar-refractivity contribution in [1.29, 1.82) is 0 Å². The molecule has 8 nitrogen and oxygen atoms in total. The molecule has 1 amide bonds. The monoisotopic (exact) mass is 475 g/mol. The smallest absolute Gasteiger partial charge is 0.326 e. The Bertz CT molecular complexity index is 1240. The van der Waals surface area contributed by atoms with Gasteiger partial charge in [-0.2, -0.15) is 13.2 Å². The number of hydrogen-bond donors (Lipinski definition) is 2. The van der Waals surface area contributed by atoms with E-state index in [2.05, 4.69) is 15.6 Å². The Morgan fingerprint density at radius 3 is 2.31 bits per heavy atom. The van der Waals surface area contributed by atoms with Crippen LogP contribution in [0.3, 0.4) is 0 Å². The Hall–Kier alpha value is -3.39. The molecular weight excluding hydrogens is 461 g/mol. The molecule has 32 heavy (non-hydrogen) atoms. The van der Waals surface area contributed by atoms with Gasteiger partial charge in [-0.15, -0.1) is 5.10 Å². The Labute approximate surface area is 177 Å². The average molecular weight is 475 g/mol. The number of primary sulfonamides is 1. The number of benzene rings is 2. The van der Waals surface area contributed by atoms with E-state index in [1.807, 2.05) is 0 Å². The van der Waals surface area contributed by atoms with E-state index in [1.54, 1.807) is 0 Å². The number of aromatic nitrogens is 3. The molecule has 0 aliphatic rings. The van der Waals surface area contributed by atoms with Crippen molar-refractivity contribution in [3.63, 3.8) is 0 Å². The molecule has 0 saturated heterocycles. The highest BCUT2D eigenvalue weighted by Gasteiger charge is 2.35. The molecule has 0 spiro atoms. The zero-order valence-electron chi connectivity index (χ0n) is 15.8. The van der Waals surface area contributed by atoms with E-state index in [4.69, 9.17) is 5.14 Å². The number of hydrogen-bond acceptors (Lipinski definition) is 5. The predicted octanol–water partition coefficient (Wildman–Crippen LogP) is 3.05. The second kappa shape index (κ2) is 8.63. The lowest BCUT2D eigenvalue weighted by atomic mass is 10.1. The molecule has 170 valence electrons. The van der Waals surface area contributed by atoms with Crippen LogP contribution in [0, 0.1) is 0 Å². The van der Waals surface area contributed by atoms with Crippen LogP contribution in [-0.4, -0.2) is 29.3 Å². The van der Waals surface area contributed by atoms with Crippen molar-refractivity contribution in [2.75, 3.05) is 5.32 Å². The van der Waals surface area contributed by atoms with Crippen LogP contribution in [0.4, 0.5) is 27.6 Å². The van der Waals surface area contributed by atoms with Crippen LogP contribution < -0.4 is 10.5 Å². The number of carbonyl (C=O) groups is 1. The fraction of sp³-hybridized carbons (Fsp3) is 0.167. The summed E-state index contributed by atoms with van der Waals surface area (Å²) in [6, 6.07) is 8.34. The van der Waals surface area contributed by atoms with Crippen LogP contribution >= 0.6 is 0 Å². The van der Waals surface area contributed by atoms with E-state index in [9.17, 15) is 35.2 Å². The Morgan fingerprint density at radius 2 is 1.78 bits per heavy atom. The largest absolute Gasteiger partial charge is 0.436 e. The fourth-order valence-corrected chi connectivity index (χ4v) is 3.44. The molecule has 14 heteroatoms. The first kappa shape index (κ1) is 23.3. The Kier molecular flexibility index (Phi) is 6.27. The molecule has 0 aliphatic carbocycles. The first-order valence-electron chi connectivity index (χ1n) is 8.68. The lowest BCUT2D eigenvalue weighted by Crippen LogP contribution is -2.18. The zero-order valence-corrected chi connectivity index (χ0v) is 16.7. The molecule has 3 rings (SSSR count). The fourth-order valence-electron chi connectivity index (χ4n) is 2.69. The van der Waals surface area contributed by atoms with E-state index in [0.29, 0.717) is 16.4 Å². The summed E-state index contributed by atoms with van der Waals surface area (Å²) in [5, 5.41) is 13.8. The van der Waals surface area contributed by atoms with Gasteiger partial charge in [0, 0.05) is 11.3 Å². The van der Waals surface area contributed by atoms with E-state index >= 15 is 0 Å². The van der Waals surface area contributed by atoms with Crippen molar-refractivity contribution in [1.82, 2.24) is 15.0 Å². The highest BCUT2D eigenvalue weighted by molar-refractivity contribution is 7.89. The highest BCUT2D eigenvalue weighted by Crippen LogP contribution is 2.29. The number of halogens is 5. The molecular formula is C18H14F5N5O3S. The molecule has 0 radical (unpaired) electrons. The van der Waals surface area contributed by atoms with E-state index < -0.39 is 39.1 Å². The molecule has 0 unspecified atom stereocenters. The second-order valence-corrected chi connectivity index (χ2v) is 8.07. The minimum Gasteiger partial charge on any atom is -0.326 e. The van der Waals surface area contributed by atoms with Crippen molar-refractivity contribution in [3.8, 4) is 5.69 Å². The predicted molar refractivity (Wildman–Crippen MR) is 101 cm³/mol. The number of nitrogens with one attached hydrogen (secondary N) is 1. The van der Waals surface area contributed by atoms with Gasteiger partial charge < -0.3 is 5.32 Å². The van der Waals surface area contributed by atoms with E-state index in [1.165, 1.54) is 30.3 Å². The molecule has 0 atom stereocenters. The van der Waals surface area contributed by atoms with Gasteiger partial charge in [0.15, 0.2) is 5.69 Å². The first-order valence-corrected chi connectivity index (χ1v) is 10.2. The highest BCUT2D eigenvalue weighted by atomic mass is 32.2. The molecule has 2 aromatic carbocycles. The second-order valence-electron chi connectivity index (χ2n) is 6.54. The number of alkyl halides is 5. The van der Waals surface area contributed by atoms with E-state index in [-0.39, 0.29) is 23.4 Å². The van der Waals surface area contributed by atoms with Gasteiger partial charge in [-0.05, 0) is 23.8 Å². The van der Waals surface area contributed by atoms with Gasteiger partial charge in [0.1, 0.15) is 4.90 Å². The number of nitrogens with zero attached hydrogens (tertiary/aromatic N) is 3. The van der Waals surface area contributed by atoms with Gasteiger partial charge in [0.25, 0.3) is 6.43 Å². The normalized spacial score (nSPS) is 12.2. The number of rotatable bonds is 6. The molecule has 3 N–H and O–H groups in total. The molecule has 3 aromatic rings. The van der Waals surface area contributed by atoms with Crippen LogP contribution in [0.25, 0.3) is 5.69 Å². The average Bonchev–Trinajstić information content (AvgIpc) is 3.18. The maximum atomic E-state index is 12.8. The third kappa shape index (κ3) is 5.45. The number of sulfonamides is 1. The van der Waals surface area contributed by atoms with Gasteiger partial charge in [-0.25, -0.2) is 27.0 Å². The molecule has 1 aromatic heterocycles. The minimum absolute atomic E-state index is 0.0110. The van der Waals surface area contributed by atoms with Crippen molar-refractivity contribution in [2.45, 2.75) is 23.9 Å². The third-order valence-electron chi connectivity index (χ3n) is 4.18. The molecule has 0 bridgehead atoms. The third-order valence-corrected chi connectivity index (χ3v) is 5.12. The van der Waals surface area contributed by atoms with Crippen molar-refractivity contribution >= 4 is 21.6 Å². The van der Waals surface area contributed by atoms with E-state index in [0.717, 1.165) is 12.1 Å². The zero-order chi connectivity index (χ0) is 23.7. The van der Waals surface area contributed by atoms with Crippen LogP contribution in [0.15, 0.2) is 53.6 Å².